The van der Waals surface area contributed by atoms with Crippen LogP contribution >= 0.6 is 0 Å². The fourth-order valence-corrected chi connectivity index (χ4v) is 3.57. The molecule has 0 aliphatic carbocycles. The summed E-state index contributed by atoms with van der Waals surface area (Å²) in [5, 5.41) is 2.69. The Bertz CT molecular complexity index is 1000. The van der Waals surface area contributed by atoms with Crippen molar-refractivity contribution in [2.45, 2.75) is 32.8 Å². The molecule has 31 heavy (non-hydrogen) atoms. The maximum atomic E-state index is 12.6. The largest absolute Gasteiger partial charge is 0.454 e. The van der Waals surface area contributed by atoms with E-state index in [2.05, 4.69) is 12.2 Å². The number of carbonyl (C=O) groups excluding carboxylic acids is 3. The number of carbonyl (C=O) groups is 3. The molecule has 2 aromatic carbocycles. The molecule has 1 fully saturated rings. The third-order valence-electron chi connectivity index (χ3n) is 5.42. The van der Waals surface area contributed by atoms with E-state index < -0.39 is 23.9 Å². The van der Waals surface area contributed by atoms with Crippen LogP contribution in [0.4, 0.5) is 11.4 Å². The van der Waals surface area contributed by atoms with Crippen molar-refractivity contribution in [1.29, 1.82) is 0 Å². The standard InChI is InChI=1S/C23H24N2O6/c1-3-15-4-7-18(8-5-15)25-12-16(10-21(25)26)23(28)31-14(2)22(27)24-17-6-9-19-20(11-17)30-13-29-19/h4-9,11,14,16H,3,10,12-13H2,1-2H3,(H,24,27)/t14-,16+/m1/s1. The summed E-state index contributed by atoms with van der Waals surface area (Å²) in [6.45, 7) is 3.93. The molecule has 2 aromatic rings. The summed E-state index contributed by atoms with van der Waals surface area (Å²) >= 11 is 0. The summed E-state index contributed by atoms with van der Waals surface area (Å²) in [6, 6.07) is 12.7. The van der Waals surface area contributed by atoms with E-state index in [0.717, 1.165) is 12.1 Å². The van der Waals surface area contributed by atoms with Crippen LogP contribution in [0, 0.1) is 5.92 Å². The maximum Gasteiger partial charge on any atom is 0.312 e. The molecule has 0 unspecified atom stereocenters. The first kappa shape index (κ1) is 20.7. The van der Waals surface area contributed by atoms with Gasteiger partial charge in [0.15, 0.2) is 17.6 Å². The second kappa shape index (κ2) is 8.67. The molecule has 2 atom stereocenters. The van der Waals surface area contributed by atoms with Gasteiger partial charge in [0.2, 0.25) is 12.7 Å². The SMILES string of the molecule is CCc1ccc(N2C[C@@H](C(=O)O[C@H](C)C(=O)Nc3ccc4c(c3)OCO4)CC2=O)cc1. The van der Waals surface area contributed by atoms with Gasteiger partial charge in [-0.15, -0.1) is 0 Å². The fraction of sp³-hybridized carbons (Fsp3) is 0.348. The van der Waals surface area contributed by atoms with Crippen LogP contribution in [0.5, 0.6) is 11.5 Å². The average molecular weight is 424 g/mol. The second-order valence-corrected chi connectivity index (χ2v) is 7.56. The van der Waals surface area contributed by atoms with Crippen LogP contribution < -0.4 is 19.7 Å². The molecule has 2 amide bonds. The van der Waals surface area contributed by atoms with Crippen LogP contribution in [0.25, 0.3) is 0 Å². The van der Waals surface area contributed by atoms with Crippen molar-refractivity contribution in [1.82, 2.24) is 0 Å². The predicted octanol–water partition coefficient (Wildman–Crippen LogP) is 2.90. The zero-order valence-corrected chi connectivity index (χ0v) is 17.4. The number of hydrogen-bond acceptors (Lipinski definition) is 6. The third-order valence-corrected chi connectivity index (χ3v) is 5.42. The van der Waals surface area contributed by atoms with Gasteiger partial charge in [0.05, 0.1) is 5.92 Å². The van der Waals surface area contributed by atoms with Crippen LogP contribution in [0.15, 0.2) is 42.5 Å². The molecular formula is C23H24N2O6. The Labute approximate surface area is 180 Å². The van der Waals surface area contributed by atoms with Gasteiger partial charge < -0.3 is 24.4 Å². The number of rotatable bonds is 6. The maximum absolute atomic E-state index is 12.6. The van der Waals surface area contributed by atoms with E-state index in [0.29, 0.717) is 17.2 Å². The van der Waals surface area contributed by atoms with Gasteiger partial charge in [-0.1, -0.05) is 19.1 Å². The van der Waals surface area contributed by atoms with Crippen LogP contribution in [0.3, 0.4) is 0 Å². The van der Waals surface area contributed by atoms with Crippen molar-refractivity contribution in [3.63, 3.8) is 0 Å². The minimum atomic E-state index is -1.01. The molecule has 2 aliphatic heterocycles. The highest BCUT2D eigenvalue weighted by molar-refractivity contribution is 6.00. The number of nitrogens with zero attached hydrogens (tertiary/aromatic N) is 1. The molecule has 2 heterocycles. The number of fused-ring (bicyclic) bond motifs is 1. The molecule has 1 saturated heterocycles. The first-order valence-electron chi connectivity index (χ1n) is 10.2. The van der Waals surface area contributed by atoms with Crippen molar-refractivity contribution < 1.29 is 28.6 Å². The van der Waals surface area contributed by atoms with Gasteiger partial charge in [-0.2, -0.15) is 0 Å². The van der Waals surface area contributed by atoms with Gasteiger partial charge in [0.1, 0.15) is 0 Å². The van der Waals surface area contributed by atoms with E-state index in [1.165, 1.54) is 12.5 Å². The first-order chi connectivity index (χ1) is 14.9. The van der Waals surface area contributed by atoms with Gasteiger partial charge in [-0.25, -0.2) is 0 Å². The molecular weight excluding hydrogens is 400 g/mol. The summed E-state index contributed by atoms with van der Waals surface area (Å²) in [5.74, 6) is -0.628. The van der Waals surface area contributed by atoms with Gasteiger partial charge in [-0.3, -0.25) is 14.4 Å². The number of amides is 2. The number of anilines is 2. The summed E-state index contributed by atoms with van der Waals surface area (Å²) in [7, 11) is 0. The van der Waals surface area contributed by atoms with Gasteiger partial charge in [-0.05, 0) is 43.2 Å². The van der Waals surface area contributed by atoms with Crippen molar-refractivity contribution in [3.05, 3.63) is 48.0 Å². The minimum absolute atomic E-state index is 0.0604. The number of nitrogens with one attached hydrogen (secondary N) is 1. The molecule has 0 spiro atoms. The minimum Gasteiger partial charge on any atom is -0.454 e. The van der Waals surface area contributed by atoms with E-state index in [-0.39, 0.29) is 25.7 Å². The summed E-state index contributed by atoms with van der Waals surface area (Å²) in [4.78, 5) is 39.0. The van der Waals surface area contributed by atoms with Crippen molar-refractivity contribution in [2.75, 3.05) is 23.6 Å². The Balaban J connectivity index is 1.33. The number of hydrogen-bond donors (Lipinski definition) is 1. The molecule has 2 aliphatic rings. The lowest BCUT2D eigenvalue weighted by Crippen LogP contribution is -2.33. The number of ether oxygens (including phenoxy) is 3. The first-order valence-corrected chi connectivity index (χ1v) is 10.2. The lowest BCUT2D eigenvalue weighted by molar-refractivity contribution is -0.157. The van der Waals surface area contributed by atoms with E-state index in [9.17, 15) is 14.4 Å². The average Bonchev–Trinajstić information content (AvgIpc) is 3.39. The number of benzene rings is 2. The van der Waals surface area contributed by atoms with Crippen LogP contribution in [0.2, 0.25) is 0 Å². The molecule has 0 aromatic heterocycles. The number of esters is 1. The third kappa shape index (κ3) is 4.47. The zero-order chi connectivity index (χ0) is 22.0. The van der Waals surface area contributed by atoms with Crippen molar-refractivity contribution >= 4 is 29.2 Å². The Hall–Kier alpha value is -3.55. The smallest absolute Gasteiger partial charge is 0.312 e. The molecule has 0 bridgehead atoms. The topological polar surface area (TPSA) is 94.2 Å². The molecule has 4 rings (SSSR count). The van der Waals surface area contributed by atoms with E-state index in [1.54, 1.807) is 23.1 Å². The monoisotopic (exact) mass is 424 g/mol. The number of aryl methyl sites for hydroxylation is 1. The molecule has 0 radical (unpaired) electrons. The van der Waals surface area contributed by atoms with Gasteiger partial charge >= 0.3 is 5.97 Å². The summed E-state index contributed by atoms with van der Waals surface area (Å²) < 4.78 is 15.9. The second-order valence-electron chi connectivity index (χ2n) is 7.56. The highest BCUT2D eigenvalue weighted by atomic mass is 16.7. The normalized spacial score (nSPS) is 18.1. The quantitative estimate of drug-likeness (QED) is 0.717. The van der Waals surface area contributed by atoms with Crippen molar-refractivity contribution in [2.24, 2.45) is 5.92 Å². The zero-order valence-electron chi connectivity index (χ0n) is 17.4. The van der Waals surface area contributed by atoms with E-state index in [4.69, 9.17) is 14.2 Å². The Morgan fingerprint density at radius 3 is 2.65 bits per heavy atom. The molecule has 0 saturated carbocycles. The lowest BCUT2D eigenvalue weighted by atomic mass is 10.1. The highest BCUT2D eigenvalue weighted by Gasteiger charge is 2.37. The molecule has 8 nitrogen and oxygen atoms in total. The summed E-state index contributed by atoms with van der Waals surface area (Å²) in [6.07, 6.45) is -0.0359. The molecule has 8 heteroatoms. The van der Waals surface area contributed by atoms with Crippen LogP contribution in [-0.2, 0) is 25.5 Å². The molecule has 162 valence electrons. The Morgan fingerprint density at radius 2 is 1.90 bits per heavy atom. The van der Waals surface area contributed by atoms with Crippen LogP contribution in [-0.4, -0.2) is 37.2 Å². The Morgan fingerprint density at radius 1 is 1.16 bits per heavy atom. The highest BCUT2D eigenvalue weighted by Crippen LogP contribution is 2.34. The van der Waals surface area contributed by atoms with Crippen molar-refractivity contribution in [3.8, 4) is 11.5 Å². The molecule has 1 N–H and O–H groups in total. The lowest BCUT2D eigenvalue weighted by Gasteiger charge is -2.18. The Kier molecular flexibility index (Phi) is 5.79. The van der Waals surface area contributed by atoms with Gasteiger partial charge in [0.25, 0.3) is 5.91 Å². The predicted molar refractivity (Wildman–Crippen MR) is 113 cm³/mol. The fourth-order valence-electron chi connectivity index (χ4n) is 3.57. The van der Waals surface area contributed by atoms with Gasteiger partial charge in [0, 0.05) is 30.4 Å². The van der Waals surface area contributed by atoms with Crippen LogP contribution in [0.1, 0.15) is 25.8 Å². The van der Waals surface area contributed by atoms with E-state index in [1.807, 2.05) is 24.3 Å². The summed E-state index contributed by atoms with van der Waals surface area (Å²) in [5.41, 5.74) is 2.44. The van der Waals surface area contributed by atoms with E-state index >= 15 is 0 Å².